The number of halogens is 2. The second-order valence-corrected chi connectivity index (χ2v) is 8.67. The van der Waals surface area contributed by atoms with Crippen molar-refractivity contribution < 1.29 is 14.1 Å². The van der Waals surface area contributed by atoms with Gasteiger partial charge in [0, 0.05) is 15.8 Å². The Labute approximate surface area is 141 Å². The Bertz CT molecular complexity index is 490. The lowest BCUT2D eigenvalue weighted by molar-refractivity contribution is -0.141. The monoisotopic (exact) mass is 396 g/mol. The number of ether oxygens (including phenoxy) is 1. The van der Waals surface area contributed by atoms with Gasteiger partial charge in [0.25, 0.3) is 0 Å². The van der Waals surface area contributed by atoms with Crippen LogP contribution in [0.15, 0.2) is 16.6 Å². The number of carbonyl (C=O) groups excluding carboxylic acids is 1. The zero-order chi connectivity index (χ0) is 16.2. The van der Waals surface area contributed by atoms with Crippen LogP contribution in [0, 0.1) is 0 Å². The average molecular weight is 398 g/mol. The maximum absolute atomic E-state index is 12.3. The Kier molecular flexibility index (Phi) is 6.93. The molecule has 0 aliphatic carbocycles. The Balaban J connectivity index is 3.04. The first-order valence-corrected chi connectivity index (χ1v) is 8.53. The molecule has 0 fully saturated rings. The number of esters is 1. The number of nitrogens with zero attached hydrogens (tertiary/aromatic N) is 1. The van der Waals surface area contributed by atoms with Gasteiger partial charge in [-0.3, -0.25) is 4.79 Å². The normalized spacial score (nSPS) is 14.6. The molecule has 8 heteroatoms. The molecule has 0 aromatic carbocycles. The van der Waals surface area contributed by atoms with E-state index in [2.05, 4.69) is 30.4 Å². The third-order valence-corrected chi connectivity index (χ3v) is 4.80. The summed E-state index contributed by atoms with van der Waals surface area (Å²) in [5, 5.41) is 0.289. The minimum Gasteiger partial charge on any atom is -0.598 e. The molecule has 0 aliphatic rings. The first-order valence-electron chi connectivity index (χ1n) is 6.21. The molecular formula is C13H18BrClN2O3S. The van der Waals surface area contributed by atoms with Crippen LogP contribution in [0.3, 0.4) is 0 Å². The van der Waals surface area contributed by atoms with Crippen molar-refractivity contribution in [1.29, 1.82) is 0 Å². The summed E-state index contributed by atoms with van der Waals surface area (Å²) >= 11 is 7.90. The van der Waals surface area contributed by atoms with E-state index in [1.807, 2.05) is 20.8 Å². The number of carbonyl (C=O) groups is 1. The SMILES string of the molecule is COC(=O)C[C@H](N[S@+]([O-])C(C)(C)C)c1cc(Br)cc(Cl)n1. The van der Waals surface area contributed by atoms with E-state index in [-0.39, 0.29) is 11.6 Å². The molecule has 1 aromatic rings. The summed E-state index contributed by atoms with van der Waals surface area (Å²) in [5.41, 5.74) is 0.525. The first-order chi connectivity index (χ1) is 9.63. The van der Waals surface area contributed by atoms with Crippen molar-refractivity contribution in [2.24, 2.45) is 0 Å². The predicted octanol–water partition coefficient (Wildman–Crippen LogP) is 3.15. The smallest absolute Gasteiger partial charge is 0.307 e. The number of hydrogen-bond donors (Lipinski definition) is 1. The van der Waals surface area contributed by atoms with Gasteiger partial charge in [-0.05, 0) is 32.9 Å². The number of pyridine rings is 1. The third kappa shape index (κ3) is 6.12. The maximum Gasteiger partial charge on any atom is 0.307 e. The Morgan fingerprint density at radius 2 is 2.19 bits per heavy atom. The Morgan fingerprint density at radius 1 is 1.57 bits per heavy atom. The summed E-state index contributed by atoms with van der Waals surface area (Å²) in [6.07, 6.45) is 0.0120. The average Bonchev–Trinajstić information content (AvgIpc) is 2.35. The molecule has 0 saturated carbocycles. The van der Waals surface area contributed by atoms with E-state index in [4.69, 9.17) is 11.6 Å². The molecule has 0 bridgehead atoms. The van der Waals surface area contributed by atoms with Crippen LogP contribution in [0.25, 0.3) is 0 Å². The molecule has 0 radical (unpaired) electrons. The van der Waals surface area contributed by atoms with E-state index < -0.39 is 28.1 Å². The second-order valence-electron chi connectivity index (χ2n) is 5.36. The highest BCUT2D eigenvalue weighted by molar-refractivity contribution is 9.10. The van der Waals surface area contributed by atoms with E-state index in [1.165, 1.54) is 7.11 Å². The zero-order valence-corrected chi connectivity index (χ0v) is 15.4. The topological polar surface area (TPSA) is 74.3 Å². The Morgan fingerprint density at radius 3 is 2.67 bits per heavy atom. The second kappa shape index (κ2) is 7.78. The molecule has 1 aromatic heterocycles. The van der Waals surface area contributed by atoms with Crippen molar-refractivity contribution in [1.82, 2.24) is 9.71 Å². The lowest BCUT2D eigenvalue weighted by Crippen LogP contribution is -2.42. The summed E-state index contributed by atoms with van der Waals surface area (Å²) in [7, 11) is 1.31. The minimum absolute atomic E-state index is 0.0120. The maximum atomic E-state index is 12.3. The number of nitrogens with one attached hydrogen (secondary N) is 1. The Hall–Kier alpha value is -0.340. The highest BCUT2D eigenvalue weighted by atomic mass is 79.9. The zero-order valence-electron chi connectivity index (χ0n) is 12.3. The van der Waals surface area contributed by atoms with Gasteiger partial charge >= 0.3 is 5.97 Å². The van der Waals surface area contributed by atoms with Crippen molar-refractivity contribution >= 4 is 44.9 Å². The summed E-state index contributed by atoms with van der Waals surface area (Å²) in [5.74, 6) is -0.420. The third-order valence-electron chi connectivity index (χ3n) is 2.54. The van der Waals surface area contributed by atoms with Crippen LogP contribution in [0.1, 0.15) is 38.9 Å². The van der Waals surface area contributed by atoms with Crippen LogP contribution in [0.4, 0.5) is 0 Å². The predicted molar refractivity (Wildman–Crippen MR) is 87.4 cm³/mol. The molecule has 0 spiro atoms. The lowest BCUT2D eigenvalue weighted by Gasteiger charge is -2.27. The van der Waals surface area contributed by atoms with Gasteiger partial charge < -0.3 is 9.29 Å². The van der Waals surface area contributed by atoms with Crippen LogP contribution in [-0.4, -0.2) is 27.4 Å². The summed E-state index contributed by atoms with van der Waals surface area (Å²) in [4.78, 5) is 15.8. The van der Waals surface area contributed by atoms with Crippen LogP contribution in [-0.2, 0) is 20.9 Å². The first kappa shape index (κ1) is 18.7. The molecule has 0 amide bonds. The molecule has 0 saturated heterocycles. The van der Waals surface area contributed by atoms with E-state index in [0.717, 1.165) is 4.47 Å². The molecule has 1 N–H and O–H groups in total. The quantitative estimate of drug-likeness (QED) is 0.469. The van der Waals surface area contributed by atoms with Crippen LogP contribution < -0.4 is 4.72 Å². The van der Waals surface area contributed by atoms with Gasteiger partial charge in [0.2, 0.25) is 0 Å². The van der Waals surface area contributed by atoms with Crippen molar-refractivity contribution in [3.63, 3.8) is 0 Å². The summed E-state index contributed by atoms with van der Waals surface area (Å²) in [6.45, 7) is 5.52. The van der Waals surface area contributed by atoms with Crippen LogP contribution >= 0.6 is 27.5 Å². The fraction of sp³-hybridized carbons (Fsp3) is 0.538. The molecule has 2 atom stereocenters. The lowest BCUT2D eigenvalue weighted by atomic mass is 10.1. The summed E-state index contributed by atoms with van der Waals surface area (Å²) in [6, 6.07) is 2.82. The van der Waals surface area contributed by atoms with E-state index >= 15 is 0 Å². The van der Waals surface area contributed by atoms with E-state index in [1.54, 1.807) is 12.1 Å². The van der Waals surface area contributed by atoms with Gasteiger partial charge in [0.05, 0.1) is 19.2 Å². The fourth-order valence-corrected chi connectivity index (χ4v) is 3.04. The van der Waals surface area contributed by atoms with Gasteiger partial charge in [-0.1, -0.05) is 27.5 Å². The van der Waals surface area contributed by atoms with Gasteiger partial charge in [0.15, 0.2) is 0 Å². The van der Waals surface area contributed by atoms with Gasteiger partial charge in [-0.15, -0.1) is 4.72 Å². The highest BCUT2D eigenvalue weighted by Crippen LogP contribution is 2.25. The molecule has 5 nitrogen and oxygen atoms in total. The molecule has 1 heterocycles. The summed E-state index contributed by atoms with van der Waals surface area (Å²) < 4.78 is 20.1. The van der Waals surface area contributed by atoms with Crippen molar-refractivity contribution in [3.05, 3.63) is 27.5 Å². The number of methoxy groups -OCH3 is 1. The fourth-order valence-electron chi connectivity index (χ4n) is 1.43. The minimum atomic E-state index is -1.36. The molecule has 21 heavy (non-hydrogen) atoms. The van der Waals surface area contributed by atoms with Crippen LogP contribution in [0.2, 0.25) is 5.15 Å². The van der Waals surface area contributed by atoms with Crippen LogP contribution in [0.5, 0.6) is 0 Å². The number of aromatic nitrogens is 1. The largest absolute Gasteiger partial charge is 0.598 e. The molecular weight excluding hydrogens is 380 g/mol. The molecule has 0 unspecified atom stereocenters. The number of rotatable bonds is 5. The van der Waals surface area contributed by atoms with E-state index in [9.17, 15) is 9.35 Å². The molecule has 0 aliphatic heterocycles. The van der Waals surface area contributed by atoms with Crippen molar-refractivity contribution in [3.8, 4) is 0 Å². The van der Waals surface area contributed by atoms with Crippen molar-refractivity contribution in [2.45, 2.75) is 38.0 Å². The molecule has 118 valence electrons. The highest BCUT2D eigenvalue weighted by Gasteiger charge is 2.31. The number of hydrogen-bond acceptors (Lipinski definition) is 5. The van der Waals surface area contributed by atoms with Crippen molar-refractivity contribution in [2.75, 3.05) is 7.11 Å². The standard InChI is InChI=1S/C13H18BrClN2O3S/c1-13(2,3)21(19)17-10(7-12(18)20-4)9-5-8(14)6-11(15)16-9/h5-6,10,17H,7H2,1-4H3/t10-,21+/m0/s1. The van der Waals surface area contributed by atoms with Gasteiger partial charge in [0.1, 0.15) is 15.9 Å². The van der Waals surface area contributed by atoms with Gasteiger partial charge in [-0.25, -0.2) is 4.98 Å². The molecule has 1 rings (SSSR count). The van der Waals surface area contributed by atoms with Gasteiger partial charge in [-0.2, -0.15) is 0 Å². The van der Waals surface area contributed by atoms with E-state index in [0.29, 0.717) is 5.69 Å².